The van der Waals surface area contributed by atoms with Crippen LogP contribution in [-0.4, -0.2) is 35.1 Å². The minimum absolute atomic E-state index is 0.106. The van der Waals surface area contributed by atoms with Gasteiger partial charge in [0.15, 0.2) is 0 Å². The summed E-state index contributed by atoms with van der Waals surface area (Å²) in [5, 5.41) is 4.58. The average molecular weight is 502 g/mol. The van der Waals surface area contributed by atoms with Gasteiger partial charge < -0.3 is 10.2 Å². The van der Waals surface area contributed by atoms with E-state index < -0.39 is 6.04 Å². The second kappa shape index (κ2) is 13.2. The largest absolute Gasteiger partial charge is 0.354 e. The number of benzene rings is 2. The van der Waals surface area contributed by atoms with Gasteiger partial charge in [-0.25, -0.2) is 0 Å². The van der Waals surface area contributed by atoms with E-state index in [2.05, 4.69) is 12.2 Å². The standard InChI is InChI=1S/C23H27Cl3N2O2S/c1-3-4-12-27-23(30)16(2)28(15-17-5-6-19(25)14-21(17)26)22(29)11-13-31-20-9-7-18(24)8-10-20/h5-10,14,16H,3-4,11-13,15H2,1-2H3,(H,27,30). The molecule has 1 atom stereocenters. The number of hydrogen-bond acceptors (Lipinski definition) is 3. The lowest BCUT2D eigenvalue weighted by molar-refractivity contribution is -0.140. The van der Waals surface area contributed by atoms with Crippen LogP contribution < -0.4 is 5.32 Å². The lowest BCUT2D eigenvalue weighted by Crippen LogP contribution is -2.47. The van der Waals surface area contributed by atoms with Gasteiger partial charge in [-0.15, -0.1) is 11.8 Å². The van der Waals surface area contributed by atoms with E-state index in [1.807, 2.05) is 24.3 Å². The Morgan fingerprint density at radius 1 is 1.06 bits per heavy atom. The van der Waals surface area contributed by atoms with Gasteiger partial charge in [-0.3, -0.25) is 9.59 Å². The summed E-state index contributed by atoms with van der Waals surface area (Å²) in [7, 11) is 0. The van der Waals surface area contributed by atoms with Crippen molar-refractivity contribution in [2.45, 2.75) is 50.6 Å². The summed E-state index contributed by atoms with van der Waals surface area (Å²) in [5.74, 6) is 0.318. The molecule has 0 heterocycles. The molecule has 4 nitrogen and oxygen atoms in total. The molecule has 2 aromatic carbocycles. The van der Waals surface area contributed by atoms with Crippen LogP contribution in [0.15, 0.2) is 47.4 Å². The summed E-state index contributed by atoms with van der Waals surface area (Å²) in [5.41, 5.74) is 0.748. The van der Waals surface area contributed by atoms with Crippen LogP contribution in [0.25, 0.3) is 0 Å². The van der Waals surface area contributed by atoms with Gasteiger partial charge in [-0.1, -0.05) is 54.2 Å². The first-order valence-electron chi connectivity index (χ1n) is 10.2. The Kier molecular flexibility index (Phi) is 11.0. The molecule has 0 spiro atoms. The van der Waals surface area contributed by atoms with Crippen molar-refractivity contribution in [1.82, 2.24) is 10.2 Å². The zero-order valence-corrected chi connectivity index (χ0v) is 20.8. The molecule has 2 rings (SSSR count). The molecule has 0 fully saturated rings. The number of carbonyl (C=O) groups is 2. The monoisotopic (exact) mass is 500 g/mol. The molecule has 0 aliphatic carbocycles. The minimum atomic E-state index is -0.614. The third-order valence-electron chi connectivity index (χ3n) is 4.75. The van der Waals surface area contributed by atoms with Crippen molar-refractivity contribution < 1.29 is 9.59 Å². The van der Waals surface area contributed by atoms with Crippen LogP contribution in [0.1, 0.15) is 38.7 Å². The number of hydrogen-bond donors (Lipinski definition) is 1. The molecule has 2 aromatic rings. The Bertz CT molecular complexity index is 878. The Balaban J connectivity index is 2.08. The molecule has 0 radical (unpaired) electrons. The lowest BCUT2D eigenvalue weighted by atomic mass is 10.1. The van der Waals surface area contributed by atoms with Gasteiger partial charge in [0.1, 0.15) is 6.04 Å². The molecule has 168 valence electrons. The molecule has 31 heavy (non-hydrogen) atoms. The maximum atomic E-state index is 13.1. The highest BCUT2D eigenvalue weighted by molar-refractivity contribution is 7.99. The summed E-state index contributed by atoms with van der Waals surface area (Å²) < 4.78 is 0. The Labute approximate surface area is 203 Å². The quantitative estimate of drug-likeness (QED) is 0.284. The van der Waals surface area contributed by atoms with Crippen molar-refractivity contribution in [2.75, 3.05) is 12.3 Å². The van der Waals surface area contributed by atoms with E-state index in [4.69, 9.17) is 34.8 Å². The number of unbranched alkanes of at least 4 members (excludes halogenated alkanes) is 1. The highest BCUT2D eigenvalue weighted by Gasteiger charge is 2.26. The summed E-state index contributed by atoms with van der Waals surface area (Å²) in [6.07, 6.45) is 2.18. The number of halogens is 3. The molecule has 8 heteroatoms. The van der Waals surface area contributed by atoms with E-state index >= 15 is 0 Å². The van der Waals surface area contributed by atoms with E-state index in [1.54, 1.807) is 41.8 Å². The second-order valence-corrected chi connectivity index (χ2v) is 9.58. The first-order valence-corrected chi connectivity index (χ1v) is 12.3. The zero-order chi connectivity index (χ0) is 22.8. The number of nitrogens with one attached hydrogen (secondary N) is 1. The highest BCUT2D eigenvalue weighted by atomic mass is 35.5. The van der Waals surface area contributed by atoms with E-state index in [-0.39, 0.29) is 18.4 Å². The SMILES string of the molecule is CCCCNC(=O)C(C)N(Cc1ccc(Cl)cc1Cl)C(=O)CCSc1ccc(Cl)cc1. The summed E-state index contributed by atoms with van der Waals surface area (Å²) >= 11 is 19.8. The number of amides is 2. The summed E-state index contributed by atoms with van der Waals surface area (Å²) in [4.78, 5) is 28.4. The lowest BCUT2D eigenvalue weighted by Gasteiger charge is -2.29. The molecule has 0 aromatic heterocycles. The van der Waals surface area contributed by atoms with Crippen LogP contribution in [0.3, 0.4) is 0 Å². The average Bonchev–Trinajstić information content (AvgIpc) is 2.74. The van der Waals surface area contributed by atoms with E-state index in [1.165, 1.54) is 0 Å². The van der Waals surface area contributed by atoms with Gasteiger partial charge in [0.25, 0.3) is 0 Å². The van der Waals surface area contributed by atoms with Crippen LogP contribution in [0, 0.1) is 0 Å². The molecule has 0 aliphatic rings. The van der Waals surface area contributed by atoms with Crippen LogP contribution in [0.2, 0.25) is 15.1 Å². The Hall–Kier alpha value is -1.40. The van der Waals surface area contributed by atoms with Gasteiger partial charge in [-0.05, 0) is 55.3 Å². The van der Waals surface area contributed by atoms with Gasteiger partial charge in [0.05, 0.1) is 0 Å². The predicted octanol–water partition coefficient (Wildman–Crippen LogP) is 6.46. The van der Waals surface area contributed by atoms with Crippen molar-refractivity contribution in [2.24, 2.45) is 0 Å². The van der Waals surface area contributed by atoms with Crippen molar-refractivity contribution >= 4 is 58.4 Å². The molecule has 1 unspecified atom stereocenters. The number of rotatable bonds is 11. The zero-order valence-electron chi connectivity index (χ0n) is 17.7. The topological polar surface area (TPSA) is 49.4 Å². The van der Waals surface area contributed by atoms with Crippen LogP contribution in [0.5, 0.6) is 0 Å². The summed E-state index contributed by atoms with van der Waals surface area (Å²) in [6, 6.07) is 12.0. The minimum Gasteiger partial charge on any atom is -0.354 e. The molecular weight excluding hydrogens is 475 g/mol. The second-order valence-electron chi connectivity index (χ2n) is 7.13. The maximum absolute atomic E-state index is 13.1. The number of carbonyl (C=O) groups excluding carboxylic acids is 2. The summed E-state index contributed by atoms with van der Waals surface area (Å²) in [6.45, 7) is 4.64. The van der Waals surface area contributed by atoms with E-state index in [9.17, 15) is 9.59 Å². The van der Waals surface area contributed by atoms with Crippen LogP contribution >= 0.6 is 46.6 Å². The van der Waals surface area contributed by atoms with Crippen molar-refractivity contribution in [3.63, 3.8) is 0 Å². The van der Waals surface area contributed by atoms with E-state index in [0.717, 1.165) is 23.3 Å². The molecule has 1 N–H and O–H groups in total. The molecule has 0 saturated heterocycles. The molecular formula is C23H27Cl3N2O2S. The number of thioether (sulfide) groups is 1. The molecule has 0 aliphatic heterocycles. The van der Waals surface area contributed by atoms with Crippen LogP contribution in [0.4, 0.5) is 0 Å². The third-order valence-corrected chi connectivity index (χ3v) is 6.60. The number of nitrogens with zero attached hydrogens (tertiary/aromatic N) is 1. The highest BCUT2D eigenvalue weighted by Crippen LogP contribution is 2.25. The normalized spacial score (nSPS) is 11.8. The third kappa shape index (κ3) is 8.57. The van der Waals surface area contributed by atoms with Crippen molar-refractivity contribution in [3.8, 4) is 0 Å². The fraction of sp³-hybridized carbons (Fsp3) is 0.391. The first kappa shape index (κ1) is 25.9. The Morgan fingerprint density at radius 2 is 1.74 bits per heavy atom. The van der Waals surface area contributed by atoms with Gasteiger partial charge in [0, 0.05) is 45.2 Å². The van der Waals surface area contributed by atoms with Crippen LogP contribution in [-0.2, 0) is 16.1 Å². The van der Waals surface area contributed by atoms with Gasteiger partial charge >= 0.3 is 0 Å². The fourth-order valence-corrected chi connectivity index (χ4v) is 4.32. The molecule has 2 amide bonds. The maximum Gasteiger partial charge on any atom is 0.242 e. The van der Waals surface area contributed by atoms with Crippen molar-refractivity contribution in [1.29, 1.82) is 0 Å². The van der Waals surface area contributed by atoms with Crippen molar-refractivity contribution in [3.05, 3.63) is 63.1 Å². The smallest absolute Gasteiger partial charge is 0.242 e. The van der Waals surface area contributed by atoms with Gasteiger partial charge in [-0.2, -0.15) is 0 Å². The molecule has 0 saturated carbocycles. The Morgan fingerprint density at radius 3 is 2.39 bits per heavy atom. The predicted molar refractivity (Wildman–Crippen MR) is 131 cm³/mol. The molecule has 0 bridgehead atoms. The first-order chi connectivity index (χ1) is 14.8. The van der Waals surface area contributed by atoms with Gasteiger partial charge in [0.2, 0.25) is 11.8 Å². The van der Waals surface area contributed by atoms with E-state index in [0.29, 0.717) is 33.8 Å². The fourth-order valence-electron chi connectivity index (χ4n) is 2.88.